The Morgan fingerprint density at radius 1 is 1.29 bits per heavy atom. The van der Waals surface area contributed by atoms with E-state index in [0.29, 0.717) is 18.0 Å². The van der Waals surface area contributed by atoms with Crippen LogP contribution in [-0.2, 0) is 23.2 Å². The number of carbonyl (C=O) groups is 1. The average Bonchev–Trinajstić information content (AvgIpc) is 3.41. The van der Waals surface area contributed by atoms with Crippen LogP contribution in [0.3, 0.4) is 0 Å². The van der Waals surface area contributed by atoms with Crippen LogP contribution in [0.1, 0.15) is 35.8 Å². The predicted molar refractivity (Wildman–Crippen MR) is 112 cm³/mol. The lowest BCUT2D eigenvalue weighted by Gasteiger charge is -2.36. The van der Waals surface area contributed by atoms with Gasteiger partial charge in [0, 0.05) is 29.9 Å². The molecule has 1 saturated heterocycles. The maximum absolute atomic E-state index is 13.2. The molecule has 3 heterocycles. The van der Waals surface area contributed by atoms with E-state index in [0.717, 1.165) is 30.8 Å². The number of piperidine rings is 1. The normalized spacial score (nSPS) is 16.0. The number of carbonyl (C=O) groups excluding carboxylic acids is 1. The molecule has 4 rings (SSSR count). The van der Waals surface area contributed by atoms with Gasteiger partial charge in [0.15, 0.2) is 5.13 Å². The van der Waals surface area contributed by atoms with Crippen LogP contribution in [0.25, 0.3) is 0 Å². The van der Waals surface area contributed by atoms with E-state index in [1.807, 2.05) is 18.5 Å². The number of hydrogen-bond acceptors (Lipinski definition) is 5. The van der Waals surface area contributed by atoms with E-state index in [4.69, 9.17) is 0 Å². The number of thiazole rings is 1. The number of anilines is 1. The van der Waals surface area contributed by atoms with Gasteiger partial charge in [0.2, 0.25) is 0 Å². The molecule has 6 nitrogen and oxygen atoms in total. The summed E-state index contributed by atoms with van der Waals surface area (Å²) in [5.74, 6) is -0.0356. The molecule has 0 atom stereocenters. The summed E-state index contributed by atoms with van der Waals surface area (Å²) in [4.78, 5) is 18.8. The van der Waals surface area contributed by atoms with Gasteiger partial charge < -0.3 is 5.32 Å². The van der Waals surface area contributed by atoms with Gasteiger partial charge in [0.1, 0.15) is 5.54 Å². The monoisotopic (exact) mass is 395 g/mol. The Bertz CT molecular complexity index is 928. The van der Waals surface area contributed by atoms with Crippen molar-refractivity contribution in [2.45, 2.75) is 38.1 Å². The number of aryl methyl sites for hydroxylation is 1. The maximum atomic E-state index is 13.2. The lowest BCUT2D eigenvalue weighted by Crippen LogP contribution is -2.52. The van der Waals surface area contributed by atoms with Gasteiger partial charge in [-0.05, 0) is 49.5 Å². The minimum atomic E-state index is -0.657. The molecule has 1 aliphatic rings. The fourth-order valence-electron chi connectivity index (χ4n) is 3.74. The van der Waals surface area contributed by atoms with E-state index in [9.17, 15) is 4.79 Å². The molecule has 0 bridgehead atoms. The average molecular weight is 396 g/mol. The number of amides is 1. The molecule has 0 aliphatic carbocycles. The van der Waals surface area contributed by atoms with Gasteiger partial charge in [-0.1, -0.05) is 31.2 Å². The first-order valence-corrected chi connectivity index (χ1v) is 10.6. The molecule has 2 aromatic heterocycles. The molecule has 1 amide bonds. The zero-order chi connectivity index (χ0) is 19.4. The highest BCUT2D eigenvalue weighted by atomic mass is 32.1. The van der Waals surface area contributed by atoms with Crippen molar-refractivity contribution in [2.24, 2.45) is 0 Å². The Hall–Kier alpha value is -2.51. The summed E-state index contributed by atoms with van der Waals surface area (Å²) < 4.78 is 1.80. The van der Waals surface area contributed by atoms with E-state index >= 15 is 0 Å². The van der Waals surface area contributed by atoms with Crippen molar-refractivity contribution in [3.8, 4) is 0 Å². The molecule has 1 aromatic carbocycles. The summed E-state index contributed by atoms with van der Waals surface area (Å²) >= 11 is 1.54. The highest BCUT2D eigenvalue weighted by molar-refractivity contribution is 7.15. The zero-order valence-corrected chi connectivity index (χ0v) is 16.8. The van der Waals surface area contributed by atoms with Gasteiger partial charge in [-0.3, -0.25) is 14.8 Å². The summed E-state index contributed by atoms with van der Waals surface area (Å²) in [7, 11) is 0. The second-order valence-corrected chi connectivity index (χ2v) is 8.28. The van der Waals surface area contributed by atoms with Crippen LogP contribution in [-0.4, -0.2) is 33.8 Å². The van der Waals surface area contributed by atoms with Gasteiger partial charge >= 0.3 is 0 Å². The Morgan fingerprint density at radius 2 is 2.11 bits per heavy atom. The standard InChI is InChI=1S/C21H25N5OS/c1-2-16-5-3-6-17(13-16)14-18-15-23-20(28-18)25-19(27)21(7-10-22-11-8-21)26-12-4-9-24-26/h3-6,9,12-13,15,22H,2,7-8,10-11,14H2,1H3,(H,23,25,27). The summed E-state index contributed by atoms with van der Waals surface area (Å²) in [6, 6.07) is 10.5. The largest absolute Gasteiger partial charge is 0.317 e. The van der Waals surface area contributed by atoms with E-state index in [2.05, 4.69) is 51.9 Å². The number of aromatic nitrogens is 3. The first kappa shape index (κ1) is 18.8. The van der Waals surface area contributed by atoms with Crippen molar-refractivity contribution in [1.29, 1.82) is 0 Å². The topological polar surface area (TPSA) is 71.8 Å². The van der Waals surface area contributed by atoms with Crippen LogP contribution < -0.4 is 10.6 Å². The quantitative estimate of drug-likeness (QED) is 0.672. The summed E-state index contributed by atoms with van der Waals surface area (Å²) in [6.07, 6.45) is 8.74. The Balaban J connectivity index is 1.49. The maximum Gasteiger partial charge on any atom is 0.254 e. The molecular weight excluding hydrogens is 370 g/mol. The number of benzene rings is 1. The minimum Gasteiger partial charge on any atom is -0.317 e. The summed E-state index contributed by atoms with van der Waals surface area (Å²) in [5.41, 5.74) is 1.95. The number of hydrogen-bond donors (Lipinski definition) is 2. The lowest BCUT2D eigenvalue weighted by molar-refractivity contribution is -0.126. The van der Waals surface area contributed by atoms with Crippen LogP contribution in [0.2, 0.25) is 0 Å². The predicted octanol–water partition coefficient (Wildman–Crippen LogP) is 3.21. The van der Waals surface area contributed by atoms with Gasteiger partial charge in [0.05, 0.1) is 0 Å². The fourth-order valence-corrected chi connectivity index (χ4v) is 4.59. The number of nitrogens with one attached hydrogen (secondary N) is 2. The Labute approximate surface area is 169 Å². The molecule has 28 heavy (non-hydrogen) atoms. The van der Waals surface area contributed by atoms with Crippen LogP contribution in [0.5, 0.6) is 0 Å². The zero-order valence-electron chi connectivity index (χ0n) is 16.0. The molecular formula is C21H25N5OS. The highest BCUT2D eigenvalue weighted by Crippen LogP contribution is 2.30. The SMILES string of the molecule is CCc1cccc(Cc2cnc(NC(=O)C3(n4cccn4)CCNCC3)s2)c1. The van der Waals surface area contributed by atoms with Crippen molar-refractivity contribution < 1.29 is 4.79 Å². The third-order valence-electron chi connectivity index (χ3n) is 5.35. The van der Waals surface area contributed by atoms with E-state index in [-0.39, 0.29) is 5.91 Å². The molecule has 0 unspecified atom stereocenters. The molecule has 7 heteroatoms. The number of rotatable bonds is 6. The first-order chi connectivity index (χ1) is 13.7. The first-order valence-electron chi connectivity index (χ1n) is 9.74. The van der Waals surface area contributed by atoms with Gasteiger partial charge in [-0.15, -0.1) is 11.3 Å². The molecule has 1 fully saturated rings. The Morgan fingerprint density at radius 3 is 2.86 bits per heavy atom. The van der Waals surface area contributed by atoms with Gasteiger partial charge in [0.25, 0.3) is 5.91 Å². The number of nitrogens with zero attached hydrogens (tertiary/aromatic N) is 3. The van der Waals surface area contributed by atoms with Crippen LogP contribution >= 0.6 is 11.3 Å². The molecule has 0 radical (unpaired) electrons. The van der Waals surface area contributed by atoms with Crippen molar-refractivity contribution in [1.82, 2.24) is 20.1 Å². The second kappa shape index (κ2) is 8.24. The third-order valence-corrected chi connectivity index (χ3v) is 6.26. The van der Waals surface area contributed by atoms with Crippen molar-refractivity contribution in [3.63, 3.8) is 0 Å². The minimum absolute atomic E-state index is 0.0356. The summed E-state index contributed by atoms with van der Waals surface area (Å²) in [6.45, 7) is 3.75. The molecule has 1 aliphatic heterocycles. The molecule has 0 spiro atoms. The summed E-state index contributed by atoms with van der Waals surface area (Å²) in [5, 5.41) is 11.4. The molecule has 3 aromatic rings. The van der Waals surface area contributed by atoms with E-state index < -0.39 is 5.54 Å². The second-order valence-electron chi connectivity index (χ2n) is 7.17. The molecule has 146 valence electrons. The molecule has 0 saturated carbocycles. The van der Waals surface area contributed by atoms with Crippen molar-refractivity contribution in [3.05, 3.63) is 64.9 Å². The molecule has 2 N–H and O–H groups in total. The van der Waals surface area contributed by atoms with Crippen molar-refractivity contribution >= 4 is 22.4 Å². The van der Waals surface area contributed by atoms with Crippen molar-refractivity contribution in [2.75, 3.05) is 18.4 Å². The van der Waals surface area contributed by atoms with Crippen LogP contribution in [0.15, 0.2) is 48.9 Å². The van der Waals surface area contributed by atoms with Crippen LogP contribution in [0.4, 0.5) is 5.13 Å². The Kier molecular flexibility index (Phi) is 5.54. The van der Waals surface area contributed by atoms with Gasteiger partial charge in [-0.25, -0.2) is 4.98 Å². The van der Waals surface area contributed by atoms with E-state index in [1.54, 1.807) is 22.2 Å². The fraction of sp³-hybridized carbons (Fsp3) is 0.381. The smallest absolute Gasteiger partial charge is 0.254 e. The lowest BCUT2D eigenvalue weighted by atomic mass is 9.87. The van der Waals surface area contributed by atoms with Gasteiger partial charge in [-0.2, -0.15) is 5.10 Å². The highest BCUT2D eigenvalue weighted by Gasteiger charge is 2.42. The van der Waals surface area contributed by atoms with Crippen LogP contribution in [0, 0.1) is 0 Å². The third kappa shape index (κ3) is 3.86. The van der Waals surface area contributed by atoms with E-state index in [1.165, 1.54) is 11.1 Å².